The third-order valence-electron chi connectivity index (χ3n) is 14.0. The number of hydrogen-bond donors (Lipinski definition) is 3. The first kappa shape index (κ1) is 26.8. The molecule has 11 atom stereocenters. The van der Waals surface area contributed by atoms with Crippen LogP contribution in [0.1, 0.15) is 91.9 Å². The van der Waals surface area contributed by atoms with Crippen LogP contribution in [-0.2, 0) is 4.74 Å². The molecule has 4 heteroatoms. The number of ether oxygens (including phenoxy) is 1. The van der Waals surface area contributed by atoms with Crippen LogP contribution in [0.3, 0.4) is 0 Å². The summed E-state index contributed by atoms with van der Waals surface area (Å²) in [7, 11) is 1.76. The standard InChI is InChI=1S/C32H52O4/c1-20(18-36-7)22-10-15-32(21(2)34)17-16-30(5)23(27(22)32)8-9-25-28(3)13-12-26(35)29(4,19-33)24(28)11-14-31(25,30)6/h22-27,33-35H,1-2,8-19H2,3-7H3/t22-,23?,24+,25+,26-,27+,28-,29-,30+,31+,32+/m0/s1. The minimum atomic E-state index is -0.409. The molecule has 0 aromatic heterocycles. The number of aliphatic hydroxyl groups is 3. The van der Waals surface area contributed by atoms with E-state index in [1.807, 2.05) is 0 Å². The molecule has 5 rings (SSSR count). The van der Waals surface area contributed by atoms with Gasteiger partial charge < -0.3 is 20.1 Å². The first-order valence-electron chi connectivity index (χ1n) is 14.7. The predicted molar refractivity (Wildman–Crippen MR) is 144 cm³/mol. The molecule has 0 bridgehead atoms. The van der Waals surface area contributed by atoms with Gasteiger partial charge in [-0.15, -0.1) is 0 Å². The van der Waals surface area contributed by atoms with Crippen LogP contribution in [-0.4, -0.2) is 41.7 Å². The van der Waals surface area contributed by atoms with Crippen molar-refractivity contribution >= 4 is 0 Å². The molecular weight excluding hydrogens is 448 g/mol. The summed E-state index contributed by atoms with van der Waals surface area (Å²) in [5.41, 5.74) is 1.14. The van der Waals surface area contributed by atoms with Crippen LogP contribution in [0.25, 0.3) is 0 Å². The lowest BCUT2D eigenvalue weighted by Crippen LogP contribution is -2.67. The van der Waals surface area contributed by atoms with Gasteiger partial charge in [0, 0.05) is 17.9 Å². The van der Waals surface area contributed by atoms with E-state index >= 15 is 0 Å². The first-order valence-corrected chi connectivity index (χ1v) is 14.7. The quantitative estimate of drug-likeness (QED) is 0.291. The number of allylic oxidation sites excluding steroid dienone is 1. The number of hydrogen-bond acceptors (Lipinski definition) is 4. The molecule has 36 heavy (non-hydrogen) atoms. The van der Waals surface area contributed by atoms with Crippen molar-refractivity contribution in [3.8, 4) is 0 Å². The average molecular weight is 501 g/mol. The Morgan fingerprint density at radius 2 is 1.58 bits per heavy atom. The van der Waals surface area contributed by atoms with Gasteiger partial charge in [-0.1, -0.05) is 40.9 Å². The monoisotopic (exact) mass is 500 g/mol. The Morgan fingerprint density at radius 1 is 0.861 bits per heavy atom. The summed E-state index contributed by atoms with van der Waals surface area (Å²) in [5, 5.41) is 32.5. The molecule has 5 saturated carbocycles. The number of fused-ring (bicyclic) bond motifs is 7. The Bertz CT molecular complexity index is 914. The predicted octanol–water partition coefficient (Wildman–Crippen LogP) is 6.68. The molecule has 0 aromatic carbocycles. The summed E-state index contributed by atoms with van der Waals surface area (Å²) in [6, 6.07) is 0. The van der Waals surface area contributed by atoms with E-state index in [0.29, 0.717) is 42.0 Å². The summed E-state index contributed by atoms with van der Waals surface area (Å²) in [5.74, 6) is 2.66. The molecule has 0 aliphatic heterocycles. The zero-order chi connectivity index (χ0) is 26.3. The molecule has 0 amide bonds. The Hall–Kier alpha value is -0.840. The number of aliphatic hydroxyl groups excluding tert-OH is 3. The molecule has 5 fully saturated rings. The molecule has 1 unspecified atom stereocenters. The average Bonchev–Trinajstić information content (AvgIpc) is 3.23. The van der Waals surface area contributed by atoms with Gasteiger partial charge in [0.15, 0.2) is 0 Å². The largest absolute Gasteiger partial charge is 0.512 e. The lowest BCUT2D eigenvalue weighted by molar-refractivity contribution is -0.253. The molecule has 5 aliphatic carbocycles. The van der Waals surface area contributed by atoms with Gasteiger partial charge in [0.05, 0.1) is 25.1 Å². The minimum absolute atomic E-state index is 0.0737. The SMILES string of the molecule is C=C(COC)[C@@H]1CC[C@]2(C(=C)O)CC[C@]3(C)C(CC[C@@H]4[C@@]5(C)CC[C@H](O)[C@@](C)(CO)[C@@H]5CC[C@]43C)[C@@H]12. The van der Waals surface area contributed by atoms with Gasteiger partial charge in [0.2, 0.25) is 0 Å². The smallest absolute Gasteiger partial charge is 0.0915 e. The van der Waals surface area contributed by atoms with E-state index in [4.69, 9.17) is 4.74 Å². The van der Waals surface area contributed by atoms with Crippen molar-refractivity contribution < 1.29 is 20.1 Å². The topological polar surface area (TPSA) is 69.9 Å². The van der Waals surface area contributed by atoms with Crippen molar-refractivity contribution in [3.05, 3.63) is 24.5 Å². The second-order valence-corrected chi connectivity index (χ2v) is 14.8. The molecule has 3 N–H and O–H groups in total. The maximum atomic E-state index is 11.0. The van der Waals surface area contributed by atoms with Crippen LogP contribution < -0.4 is 0 Å². The summed E-state index contributed by atoms with van der Waals surface area (Å²) < 4.78 is 5.54. The van der Waals surface area contributed by atoms with Crippen molar-refractivity contribution in [3.63, 3.8) is 0 Å². The van der Waals surface area contributed by atoms with Gasteiger partial charge >= 0.3 is 0 Å². The lowest BCUT2D eigenvalue weighted by atomic mass is 9.32. The van der Waals surface area contributed by atoms with E-state index < -0.39 is 11.5 Å². The first-order chi connectivity index (χ1) is 16.9. The fourth-order valence-corrected chi connectivity index (χ4v) is 11.9. The Kier molecular flexibility index (Phi) is 6.38. The van der Waals surface area contributed by atoms with E-state index in [1.54, 1.807) is 7.11 Å². The zero-order valence-corrected chi connectivity index (χ0v) is 23.6. The van der Waals surface area contributed by atoms with E-state index in [9.17, 15) is 15.3 Å². The van der Waals surface area contributed by atoms with Crippen molar-refractivity contribution in [2.24, 2.45) is 56.7 Å². The lowest BCUT2D eigenvalue weighted by Gasteiger charge is -2.73. The van der Waals surface area contributed by atoms with E-state index in [-0.39, 0.29) is 28.3 Å². The Balaban J connectivity index is 1.55. The molecular formula is C32H52O4. The van der Waals surface area contributed by atoms with Gasteiger partial charge in [-0.3, -0.25) is 0 Å². The molecule has 4 nitrogen and oxygen atoms in total. The van der Waals surface area contributed by atoms with Crippen LogP contribution in [0.4, 0.5) is 0 Å². The van der Waals surface area contributed by atoms with Gasteiger partial charge in [0.1, 0.15) is 0 Å². The number of methoxy groups -OCH3 is 1. The molecule has 0 spiro atoms. The second-order valence-electron chi connectivity index (χ2n) is 14.8. The normalized spacial score (nSPS) is 54.1. The highest BCUT2D eigenvalue weighted by Gasteiger charge is 2.71. The fourth-order valence-electron chi connectivity index (χ4n) is 11.9. The van der Waals surface area contributed by atoms with Crippen LogP contribution >= 0.6 is 0 Å². The van der Waals surface area contributed by atoms with Gasteiger partial charge in [-0.05, 0) is 116 Å². The fraction of sp³-hybridized carbons (Fsp3) is 0.875. The van der Waals surface area contributed by atoms with Crippen LogP contribution in [0.2, 0.25) is 0 Å². The summed E-state index contributed by atoms with van der Waals surface area (Å²) in [4.78, 5) is 0. The van der Waals surface area contributed by atoms with E-state index in [1.165, 1.54) is 18.4 Å². The molecule has 0 radical (unpaired) electrons. The van der Waals surface area contributed by atoms with Crippen molar-refractivity contribution in [1.29, 1.82) is 0 Å². The molecule has 0 heterocycles. The third kappa shape index (κ3) is 3.16. The van der Waals surface area contributed by atoms with Gasteiger partial charge in [0.25, 0.3) is 0 Å². The van der Waals surface area contributed by atoms with Crippen molar-refractivity contribution in [1.82, 2.24) is 0 Å². The van der Waals surface area contributed by atoms with Gasteiger partial charge in [-0.25, -0.2) is 0 Å². The van der Waals surface area contributed by atoms with Gasteiger partial charge in [-0.2, -0.15) is 0 Å². The molecule has 0 aromatic rings. The molecule has 204 valence electrons. The highest BCUT2D eigenvalue weighted by molar-refractivity contribution is 5.26. The Labute approximate surface area is 219 Å². The van der Waals surface area contributed by atoms with Crippen LogP contribution in [0.5, 0.6) is 0 Å². The van der Waals surface area contributed by atoms with E-state index in [0.717, 1.165) is 51.4 Å². The second kappa shape index (κ2) is 8.58. The number of rotatable bonds is 5. The summed E-state index contributed by atoms with van der Waals surface area (Å²) >= 11 is 0. The summed E-state index contributed by atoms with van der Waals surface area (Å²) in [6.45, 7) is 19.1. The van der Waals surface area contributed by atoms with Crippen LogP contribution in [0.15, 0.2) is 24.5 Å². The van der Waals surface area contributed by atoms with E-state index in [2.05, 4.69) is 40.9 Å². The maximum Gasteiger partial charge on any atom is 0.0915 e. The minimum Gasteiger partial charge on any atom is -0.512 e. The highest BCUT2D eigenvalue weighted by atomic mass is 16.5. The Morgan fingerprint density at radius 3 is 2.22 bits per heavy atom. The maximum absolute atomic E-state index is 11.0. The summed E-state index contributed by atoms with van der Waals surface area (Å²) in [6.07, 6.45) is 10.3. The highest BCUT2D eigenvalue weighted by Crippen LogP contribution is 2.78. The molecule has 0 saturated heterocycles. The van der Waals surface area contributed by atoms with Crippen LogP contribution in [0, 0.1) is 56.7 Å². The van der Waals surface area contributed by atoms with Crippen molar-refractivity contribution in [2.45, 2.75) is 98.0 Å². The zero-order valence-electron chi connectivity index (χ0n) is 23.6. The molecule has 5 aliphatic rings. The van der Waals surface area contributed by atoms with Crippen molar-refractivity contribution in [2.75, 3.05) is 20.3 Å². The third-order valence-corrected chi connectivity index (χ3v) is 14.0.